The van der Waals surface area contributed by atoms with Crippen molar-refractivity contribution in [2.45, 2.75) is 36.5 Å². The number of aryl methyl sites for hydroxylation is 2. The van der Waals surface area contributed by atoms with E-state index in [1.54, 1.807) is 42.3 Å². The second kappa shape index (κ2) is 6.94. The molecule has 0 radical (unpaired) electrons. The van der Waals surface area contributed by atoms with Crippen LogP contribution in [0, 0.1) is 0 Å². The van der Waals surface area contributed by atoms with E-state index in [0.717, 1.165) is 5.76 Å². The van der Waals surface area contributed by atoms with E-state index in [-0.39, 0.29) is 28.3 Å². The van der Waals surface area contributed by atoms with Gasteiger partial charge in [-0.15, -0.1) is 0 Å². The fraction of sp³-hybridized carbons (Fsp3) is 0.300. The normalized spacial score (nSPS) is 15.5. The number of nitrogens with zero attached hydrogens (tertiary/aromatic N) is 2. The molecule has 0 saturated carbocycles. The maximum atomic E-state index is 12.8. The lowest BCUT2D eigenvalue weighted by Gasteiger charge is -2.18. The lowest BCUT2D eigenvalue weighted by Crippen LogP contribution is -2.34. The highest BCUT2D eigenvalue weighted by Crippen LogP contribution is 2.38. The Kier molecular flexibility index (Phi) is 4.58. The van der Waals surface area contributed by atoms with E-state index in [9.17, 15) is 13.2 Å². The van der Waals surface area contributed by atoms with Gasteiger partial charge in [0.2, 0.25) is 0 Å². The minimum Gasteiger partial charge on any atom is -0.469 e. The molecule has 4 rings (SSSR count). The van der Waals surface area contributed by atoms with Gasteiger partial charge in [-0.05, 0) is 31.5 Å². The van der Waals surface area contributed by atoms with Gasteiger partial charge < -0.3 is 9.73 Å². The number of nitrogens with one attached hydrogen (secondary N) is 1. The number of aromatic nitrogens is 2. The lowest BCUT2D eigenvalue weighted by molar-refractivity contribution is 0.0931. The summed E-state index contributed by atoms with van der Waals surface area (Å²) in [5, 5.41) is 7.26. The SMILES string of the molecule is C[C@H](CCc1ccco1)NC(=O)c1nn(C)c2c1CS(=O)(=O)c1ccccc1-2. The second-order valence-electron chi connectivity index (χ2n) is 7.05. The number of hydrogen-bond donors (Lipinski definition) is 1. The molecule has 1 aliphatic heterocycles. The van der Waals surface area contributed by atoms with Crippen LogP contribution in [0.5, 0.6) is 0 Å². The van der Waals surface area contributed by atoms with Gasteiger partial charge in [0.25, 0.3) is 5.91 Å². The molecule has 0 spiro atoms. The van der Waals surface area contributed by atoms with Gasteiger partial charge in [0.05, 0.1) is 22.6 Å². The third-order valence-electron chi connectivity index (χ3n) is 4.95. The summed E-state index contributed by atoms with van der Waals surface area (Å²) in [5.41, 5.74) is 1.89. The van der Waals surface area contributed by atoms with Gasteiger partial charge in [-0.2, -0.15) is 5.10 Å². The lowest BCUT2D eigenvalue weighted by atomic mass is 10.1. The van der Waals surface area contributed by atoms with Crippen LogP contribution in [0.4, 0.5) is 0 Å². The van der Waals surface area contributed by atoms with Gasteiger partial charge in [0.15, 0.2) is 15.5 Å². The van der Waals surface area contributed by atoms with Crippen molar-refractivity contribution < 1.29 is 17.6 Å². The van der Waals surface area contributed by atoms with Gasteiger partial charge in [0, 0.05) is 30.6 Å². The van der Waals surface area contributed by atoms with E-state index < -0.39 is 9.84 Å². The van der Waals surface area contributed by atoms with E-state index >= 15 is 0 Å². The first kappa shape index (κ1) is 18.5. The van der Waals surface area contributed by atoms with E-state index in [1.165, 1.54) is 0 Å². The number of sulfone groups is 1. The van der Waals surface area contributed by atoms with E-state index in [2.05, 4.69) is 10.4 Å². The molecule has 8 heteroatoms. The monoisotopic (exact) mass is 399 g/mol. The van der Waals surface area contributed by atoms with Gasteiger partial charge in [-0.1, -0.05) is 18.2 Å². The van der Waals surface area contributed by atoms with Crippen LogP contribution >= 0.6 is 0 Å². The Labute approximate surface area is 163 Å². The highest BCUT2D eigenvalue weighted by Gasteiger charge is 2.34. The van der Waals surface area contributed by atoms with E-state index in [0.29, 0.717) is 29.7 Å². The van der Waals surface area contributed by atoms with Crippen LogP contribution in [-0.2, 0) is 29.1 Å². The summed E-state index contributed by atoms with van der Waals surface area (Å²) in [6, 6.07) is 10.4. The fourth-order valence-corrected chi connectivity index (χ4v) is 5.20. The van der Waals surface area contributed by atoms with E-state index in [4.69, 9.17) is 4.42 Å². The summed E-state index contributed by atoms with van der Waals surface area (Å²) < 4.78 is 32.3. The highest BCUT2D eigenvalue weighted by atomic mass is 32.2. The van der Waals surface area contributed by atoms with Gasteiger partial charge in [-0.3, -0.25) is 9.48 Å². The third-order valence-corrected chi connectivity index (χ3v) is 6.65. The van der Waals surface area contributed by atoms with Crippen molar-refractivity contribution in [3.63, 3.8) is 0 Å². The second-order valence-corrected chi connectivity index (χ2v) is 9.01. The molecule has 0 fully saturated rings. The predicted octanol–water partition coefficient (Wildman–Crippen LogP) is 2.72. The number of fused-ring (bicyclic) bond motifs is 3. The molecule has 3 heterocycles. The Bertz CT molecular complexity index is 1130. The van der Waals surface area contributed by atoms with Crippen molar-refractivity contribution in [2.75, 3.05) is 0 Å². The van der Waals surface area contributed by atoms with Crippen LogP contribution in [0.3, 0.4) is 0 Å². The van der Waals surface area contributed by atoms with Crippen LogP contribution in [0.25, 0.3) is 11.3 Å². The Morgan fingerprint density at radius 2 is 2.07 bits per heavy atom. The molecular weight excluding hydrogens is 378 g/mol. The zero-order valence-corrected chi connectivity index (χ0v) is 16.5. The third kappa shape index (κ3) is 3.24. The predicted molar refractivity (Wildman–Crippen MR) is 103 cm³/mol. The standard InChI is InChI=1S/C20H21N3O4S/c1-13(9-10-14-6-5-11-27-14)21-20(24)18-16-12-28(25,26)17-8-4-3-7-15(17)19(16)23(2)22-18/h3-8,11,13H,9-10,12H2,1-2H3,(H,21,24)/t13-/m1/s1. The summed E-state index contributed by atoms with van der Waals surface area (Å²) in [4.78, 5) is 13.1. The van der Waals surface area contributed by atoms with Crippen molar-refractivity contribution >= 4 is 15.7 Å². The molecule has 1 N–H and O–H groups in total. The van der Waals surface area contributed by atoms with Crippen LogP contribution in [0.15, 0.2) is 52.0 Å². The average Bonchev–Trinajstić information content (AvgIpc) is 3.28. The molecule has 3 aromatic rings. The maximum absolute atomic E-state index is 12.8. The first-order valence-electron chi connectivity index (χ1n) is 9.08. The zero-order valence-electron chi connectivity index (χ0n) is 15.7. The van der Waals surface area contributed by atoms with Crippen LogP contribution in [-0.4, -0.2) is 30.1 Å². The molecular formula is C20H21N3O4S. The topological polar surface area (TPSA) is 94.2 Å². The molecule has 1 aromatic carbocycles. The van der Waals surface area contributed by atoms with Crippen LogP contribution in [0.1, 0.15) is 35.2 Å². The molecule has 0 bridgehead atoms. The first-order valence-corrected chi connectivity index (χ1v) is 10.7. The van der Waals surface area contributed by atoms with Crippen molar-refractivity contribution in [1.29, 1.82) is 0 Å². The fourth-order valence-electron chi connectivity index (χ4n) is 3.60. The molecule has 0 saturated heterocycles. The molecule has 0 unspecified atom stereocenters. The molecule has 28 heavy (non-hydrogen) atoms. The van der Waals surface area contributed by atoms with Gasteiger partial charge >= 0.3 is 0 Å². The Hall–Kier alpha value is -2.87. The zero-order chi connectivity index (χ0) is 19.9. The number of rotatable bonds is 5. The number of carbonyl (C=O) groups is 1. The van der Waals surface area contributed by atoms with Gasteiger partial charge in [0.1, 0.15) is 5.76 Å². The number of benzene rings is 1. The van der Waals surface area contributed by atoms with E-state index in [1.807, 2.05) is 19.1 Å². The highest BCUT2D eigenvalue weighted by molar-refractivity contribution is 7.90. The molecule has 2 aromatic heterocycles. The van der Waals surface area contributed by atoms with Crippen molar-refractivity contribution in [3.8, 4) is 11.3 Å². The Balaban J connectivity index is 1.60. The summed E-state index contributed by atoms with van der Waals surface area (Å²) in [6.45, 7) is 1.91. The Morgan fingerprint density at radius 3 is 2.82 bits per heavy atom. The number of furan rings is 1. The van der Waals surface area contributed by atoms with Crippen molar-refractivity contribution in [1.82, 2.24) is 15.1 Å². The smallest absolute Gasteiger partial charge is 0.272 e. The minimum absolute atomic E-state index is 0.109. The van der Waals surface area contributed by atoms with Crippen LogP contribution in [0.2, 0.25) is 0 Å². The quantitative estimate of drug-likeness (QED) is 0.712. The molecule has 1 aliphatic rings. The summed E-state index contributed by atoms with van der Waals surface area (Å²) >= 11 is 0. The number of hydrogen-bond acceptors (Lipinski definition) is 5. The first-order chi connectivity index (χ1) is 13.4. The minimum atomic E-state index is -3.51. The van der Waals surface area contributed by atoms with Crippen molar-refractivity contribution in [3.05, 3.63) is 59.7 Å². The Morgan fingerprint density at radius 1 is 1.29 bits per heavy atom. The van der Waals surface area contributed by atoms with Crippen LogP contribution < -0.4 is 5.32 Å². The molecule has 0 aliphatic carbocycles. The molecule has 7 nitrogen and oxygen atoms in total. The number of carbonyl (C=O) groups excluding carboxylic acids is 1. The molecule has 1 atom stereocenters. The molecule has 1 amide bonds. The summed E-state index contributed by atoms with van der Waals surface area (Å²) in [5.74, 6) is 0.272. The largest absolute Gasteiger partial charge is 0.469 e. The van der Waals surface area contributed by atoms with Gasteiger partial charge in [-0.25, -0.2) is 8.42 Å². The average molecular weight is 399 g/mol. The van der Waals surface area contributed by atoms with Crippen molar-refractivity contribution in [2.24, 2.45) is 7.05 Å². The summed E-state index contributed by atoms with van der Waals surface area (Å²) in [7, 11) is -1.79. The summed E-state index contributed by atoms with van der Waals surface area (Å²) in [6.07, 6.45) is 3.03. The molecule has 146 valence electrons. The maximum Gasteiger partial charge on any atom is 0.272 e. The number of amides is 1.